The molecule has 0 saturated carbocycles. The van der Waals surface area contributed by atoms with E-state index >= 15 is 0 Å². The SMILES string of the molecule is CCC1=[C]([Hf]([Cl])[Cl])C2=CC=CC(=[Si](C)C)C(C)C2=C1C1C(C)=Cc2ccccc21. The number of allylic oxidation sites excluding steroid dienone is 9. The molecule has 0 saturated heterocycles. The fourth-order valence-electron chi connectivity index (χ4n) is 5.30. The Morgan fingerprint density at radius 3 is 2.48 bits per heavy atom. The first-order chi connectivity index (χ1) is 13.9. The Balaban J connectivity index is 2.04. The Hall–Kier alpha value is -0.543. The fourth-order valence-corrected chi connectivity index (χ4v) is 13.7. The minimum atomic E-state index is -2.81. The number of hydrogen-bond donors (Lipinski definition) is 0. The van der Waals surface area contributed by atoms with E-state index in [0.717, 1.165) is 6.42 Å². The average molecular weight is 605 g/mol. The Morgan fingerprint density at radius 1 is 1.10 bits per heavy atom. The molecule has 2 atom stereocenters. The summed E-state index contributed by atoms with van der Waals surface area (Å²) in [5.41, 5.74) is 10.0. The summed E-state index contributed by atoms with van der Waals surface area (Å²) in [6, 6.07) is 8.86. The van der Waals surface area contributed by atoms with Gasteiger partial charge in [-0.25, -0.2) is 0 Å². The van der Waals surface area contributed by atoms with Crippen molar-refractivity contribution < 1.29 is 19.1 Å². The van der Waals surface area contributed by atoms with Crippen molar-refractivity contribution in [3.8, 4) is 0 Å². The van der Waals surface area contributed by atoms with Crippen LogP contribution < -0.4 is 0 Å². The van der Waals surface area contributed by atoms with Gasteiger partial charge in [-0.05, 0) is 0 Å². The zero-order valence-electron chi connectivity index (χ0n) is 17.7. The van der Waals surface area contributed by atoms with E-state index in [9.17, 15) is 0 Å². The molecule has 0 aliphatic heterocycles. The molecule has 3 aliphatic rings. The van der Waals surface area contributed by atoms with E-state index in [1.54, 1.807) is 5.17 Å². The van der Waals surface area contributed by atoms with Gasteiger partial charge in [0.2, 0.25) is 0 Å². The summed E-state index contributed by atoms with van der Waals surface area (Å²) in [4.78, 5) is 0. The summed E-state index contributed by atoms with van der Waals surface area (Å²) in [6.45, 7) is 11.8. The van der Waals surface area contributed by atoms with Crippen LogP contribution in [-0.2, 0) is 19.1 Å². The molecule has 2 unspecified atom stereocenters. The van der Waals surface area contributed by atoms with Crippen molar-refractivity contribution in [3.05, 3.63) is 84.8 Å². The molecule has 3 aliphatic carbocycles. The van der Waals surface area contributed by atoms with Gasteiger partial charge in [0.05, 0.1) is 0 Å². The summed E-state index contributed by atoms with van der Waals surface area (Å²) >= 11 is -2.81. The van der Waals surface area contributed by atoms with E-state index in [1.807, 2.05) is 0 Å². The van der Waals surface area contributed by atoms with Crippen molar-refractivity contribution in [2.45, 2.75) is 46.2 Å². The molecule has 0 nitrogen and oxygen atoms in total. The quantitative estimate of drug-likeness (QED) is 0.310. The van der Waals surface area contributed by atoms with Gasteiger partial charge in [0.25, 0.3) is 0 Å². The first kappa shape index (κ1) is 21.7. The van der Waals surface area contributed by atoms with Gasteiger partial charge in [-0.3, -0.25) is 0 Å². The van der Waals surface area contributed by atoms with Gasteiger partial charge >= 0.3 is 193 Å². The Kier molecular flexibility index (Phi) is 6.38. The van der Waals surface area contributed by atoms with Crippen LogP contribution in [0.1, 0.15) is 44.2 Å². The molecule has 0 fully saturated rings. The molecule has 4 heteroatoms. The summed E-state index contributed by atoms with van der Waals surface area (Å²) < 4.78 is 1.33. The molecule has 0 bridgehead atoms. The molecule has 4 rings (SSSR count). The van der Waals surface area contributed by atoms with E-state index in [0.29, 0.717) is 11.8 Å². The van der Waals surface area contributed by atoms with Gasteiger partial charge < -0.3 is 0 Å². The van der Waals surface area contributed by atoms with Crippen LogP contribution in [0.3, 0.4) is 0 Å². The summed E-state index contributed by atoms with van der Waals surface area (Å²) in [5, 5.41) is 1.59. The number of halogens is 2. The zero-order valence-corrected chi connectivity index (χ0v) is 23.8. The molecular formula is C25H27Cl2HfSi. The van der Waals surface area contributed by atoms with Crippen LogP contribution in [0.5, 0.6) is 0 Å². The van der Waals surface area contributed by atoms with Crippen molar-refractivity contribution in [1.29, 1.82) is 0 Å². The van der Waals surface area contributed by atoms with E-state index in [4.69, 9.17) is 17.2 Å². The molecule has 29 heavy (non-hydrogen) atoms. The van der Waals surface area contributed by atoms with Gasteiger partial charge in [-0.2, -0.15) is 0 Å². The fraction of sp³-hybridized carbons (Fsp3) is 0.320. The Bertz CT molecular complexity index is 1060. The second-order valence-electron chi connectivity index (χ2n) is 8.36. The summed E-state index contributed by atoms with van der Waals surface area (Å²) in [5.74, 6) is 0.736. The third kappa shape index (κ3) is 3.58. The van der Waals surface area contributed by atoms with Crippen molar-refractivity contribution in [2.75, 3.05) is 0 Å². The number of hydrogen-bond acceptors (Lipinski definition) is 0. The molecule has 1 aromatic carbocycles. The molecule has 0 aromatic heterocycles. The van der Waals surface area contributed by atoms with Crippen LogP contribution in [0.2, 0.25) is 13.1 Å². The average Bonchev–Trinajstić information content (AvgIpc) is 3.11. The van der Waals surface area contributed by atoms with Gasteiger partial charge in [-0.15, -0.1) is 0 Å². The van der Waals surface area contributed by atoms with Crippen molar-refractivity contribution in [2.24, 2.45) is 5.92 Å². The predicted molar refractivity (Wildman–Crippen MR) is 128 cm³/mol. The number of rotatable bonds is 3. The van der Waals surface area contributed by atoms with Gasteiger partial charge in [0, 0.05) is 0 Å². The Labute approximate surface area is 191 Å². The second kappa shape index (κ2) is 8.53. The predicted octanol–water partition coefficient (Wildman–Crippen LogP) is 7.73. The first-order valence-electron chi connectivity index (χ1n) is 10.4. The third-order valence-corrected chi connectivity index (χ3v) is 14.7. The molecular weight excluding hydrogens is 578 g/mol. The van der Waals surface area contributed by atoms with Crippen molar-refractivity contribution >= 4 is 36.8 Å². The summed E-state index contributed by atoms with van der Waals surface area (Å²) in [7, 11) is 13.1. The molecule has 0 heterocycles. The van der Waals surface area contributed by atoms with Crippen LogP contribution in [0, 0.1) is 5.92 Å². The van der Waals surface area contributed by atoms with E-state index in [-0.39, 0.29) is 0 Å². The third-order valence-electron chi connectivity index (χ3n) is 6.47. The maximum atomic E-state index is 6.80. The van der Waals surface area contributed by atoms with Crippen molar-refractivity contribution in [3.63, 3.8) is 0 Å². The minimum absolute atomic E-state index is 0.321. The Morgan fingerprint density at radius 2 is 1.83 bits per heavy atom. The molecule has 149 valence electrons. The maximum absolute atomic E-state index is 6.80. The van der Waals surface area contributed by atoms with Gasteiger partial charge in [0.1, 0.15) is 0 Å². The van der Waals surface area contributed by atoms with Gasteiger partial charge in [-0.1, -0.05) is 0 Å². The van der Waals surface area contributed by atoms with Crippen LogP contribution in [-0.4, -0.2) is 13.6 Å². The summed E-state index contributed by atoms with van der Waals surface area (Å²) in [6.07, 6.45) is 10.3. The van der Waals surface area contributed by atoms with Crippen LogP contribution in [0.4, 0.5) is 0 Å². The zero-order chi connectivity index (χ0) is 20.9. The van der Waals surface area contributed by atoms with E-state index in [2.05, 4.69) is 82.4 Å². The number of fused-ring (bicyclic) bond motifs is 2. The second-order valence-corrected chi connectivity index (χ2v) is 22.4. The normalized spacial score (nSPS) is 23.1. The van der Waals surface area contributed by atoms with Crippen LogP contribution in [0.15, 0.2) is 73.7 Å². The van der Waals surface area contributed by atoms with E-state index in [1.165, 1.54) is 42.3 Å². The molecule has 0 N–H and O–H groups in total. The molecule has 0 amide bonds. The topological polar surface area (TPSA) is 0 Å². The standard InChI is InChI=1S/C25H27Si.2ClH.Hf/c1-6-18-15-20-11-9-13-22(26(4)5)17(3)24(20)25(18)23-16(2)14-19-10-7-8-12-21(19)23;;;/h7-14,17,23H,6H2,1-5H3;2*1H;/q;;;+2/p-2. The van der Waals surface area contributed by atoms with E-state index < -0.39 is 27.5 Å². The number of benzene rings is 1. The molecule has 0 radical (unpaired) electrons. The van der Waals surface area contributed by atoms with Crippen LogP contribution >= 0.6 is 17.2 Å². The van der Waals surface area contributed by atoms with Crippen LogP contribution in [0.25, 0.3) is 6.08 Å². The molecule has 1 aromatic rings. The van der Waals surface area contributed by atoms with Gasteiger partial charge in [0.15, 0.2) is 0 Å². The first-order valence-corrected chi connectivity index (χ1v) is 23.6. The van der Waals surface area contributed by atoms with Crippen molar-refractivity contribution in [1.82, 2.24) is 0 Å². The monoisotopic (exact) mass is 605 g/mol. The molecule has 0 spiro atoms.